The van der Waals surface area contributed by atoms with Crippen molar-refractivity contribution in [3.63, 3.8) is 0 Å². The van der Waals surface area contributed by atoms with Crippen molar-refractivity contribution in [1.82, 2.24) is 9.55 Å². The Morgan fingerprint density at radius 3 is 2.52 bits per heavy atom. The molecule has 5 N–H and O–H groups in total. The van der Waals surface area contributed by atoms with Gasteiger partial charge in [0.15, 0.2) is 12.5 Å². The average molecular weight is 426 g/mol. The van der Waals surface area contributed by atoms with E-state index in [0.717, 1.165) is 0 Å². The van der Waals surface area contributed by atoms with E-state index in [-0.39, 0.29) is 24.9 Å². The number of halogens is 3. The predicted octanol–water partition coefficient (Wildman–Crippen LogP) is -0.143. The van der Waals surface area contributed by atoms with Crippen LogP contribution in [0.25, 0.3) is 0 Å². The van der Waals surface area contributed by atoms with Crippen LogP contribution in [0.1, 0.15) is 20.1 Å². The fourth-order valence-electron chi connectivity index (χ4n) is 1.84. The van der Waals surface area contributed by atoms with Crippen molar-refractivity contribution < 1.29 is 42.1 Å². The third-order valence-electron chi connectivity index (χ3n) is 3.49. The van der Waals surface area contributed by atoms with E-state index in [1.807, 2.05) is 13.8 Å². The zero-order chi connectivity index (χ0) is 22.4. The number of nitrogens with zero attached hydrogens (tertiary/aromatic N) is 2. The van der Waals surface area contributed by atoms with Gasteiger partial charge in [0.05, 0.1) is 6.61 Å². The molecule has 1 aliphatic rings. The van der Waals surface area contributed by atoms with Gasteiger partial charge < -0.3 is 30.8 Å². The largest absolute Gasteiger partial charge is 0.490 e. The number of carboxylic acid groups (broad SMARTS) is 1. The average Bonchev–Trinajstić information content (AvgIpc) is 3.07. The summed E-state index contributed by atoms with van der Waals surface area (Å²) < 4.78 is 48.9. The van der Waals surface area contributed by atoms with Gasteiger partial charge in [-0.15, -0.1) is 0 Å². The van der Waals surface area contributed by atoms with Crippen LogP contribution in [0.15, 0.2) is 17.1 Å². The lowest BCUT2D eigenvalue weighted by Crippen LogP contribution is -2.38. The van der Waals surface area contributed by atoms with Crippen molar-refractivity contribution >= 4 is 17.8 Å². The minimum Gasteiger partial charge on any atom is -0.475 e. The lowest BCUT2D eigenvalue weighted by Gasteiger charge is -2.17. The molecule has 0 amide bonds. The van der Waals surface area contributed by atoms with Crippen molar-refractivity contribution in [2.24, 2.45) is 11.7 Å². The molecule has 11 nitrogen and oxygen atoms in total. The molecule has 0 radical (unpaired) electrons. The highest BCUT2D eigenvalue weighted by molar-refractivity contribution is 5.75. The number of carboxylic acids is 1. The first-order valence-electron chi connectivity index (χ1n) is 8.17. The first-order chi connectivity index (χ1) is 13.3. The van der Waals surface area contributed by atoms with Crippen LogP contribution in [0.3, 0.4) is 0 Å². The highest BCUT2D eigenvalue weighted by Crippen LogP contribution is 2.20. The molecule has 0 spiro atoms. The van der Waals surface area contributed by atoms with Gasteiger partial charge in [0.25, 0.3) is 0 Å². The Morgan fingerprint density at radius 2 is 2.03 bits per heavy atom. The summed E-state index contributed by atoms with van der Waals surface area (Å²) in [6, 6.07) is 0.792. The number of aliphatic carboxylic acids is 1. The molecular weight excluding hydrogens is 405 g/mol. The quantitative estimate of drug-likeness (QED) is 0.539. The Bertz CT molecular complexity index is 769. The minimum atomic E-state index is -5.08. The SMILES string of the molecule is CC(C)[C@H](N)C(=O)OCC1OC[C@@H](n2ccc(N)nc2=O)O1.O=C(O)C(F)(F)F. The van der Waals surface area contributed by atoms with Crippen LogP contribution in [-0.2, 0) is 23.8 Å². The first kappa shape index (κ1) is 24.3. The van der Waals surface area contributed by atoms with E-state index in [0.29, 0.717) is 0 Å². The molecule has 1 saturated heterocycles. The Hall–Kier alpha value is -2.71. The van der Waals surface area contributed by atoms with Gasteiger partial charge in [-0.25, -0.2) is 9.59 Å². The van der Waals surface area contributed by atoms with Crippen LogP contribution in [0.4, 0.5) is 19.0 Å². The van der Waals surface area contributed by atoms with Crippen LogP contribution in [0.5, 0.6) is 0 Å². The first-order valence-corrected chi connectivity index (χ1v) is 8.17. The standard InChI is InChI=1S/C13H20N4O5.C2HF3O2/c1-7(2)11(15)12(18)21-6-10-20-5-9(22-10)17-4-3-8(14)16-13(17)19;3-2(4,5)1(6)7/h3-4,7,9-11H,5-6,15H2,1-2H3,(H2,14,16,19);(H,6,7)/t9-,10?,11-;/m0./s1. The van der Waals surface area contributed by atoms with E-state index in [1.54, 1.807) is 0 Å². The lowest BCUT2D eigenvalue weighted by molar-refractivity contribution is -0.192. The van der Waals surface area contributed by atoms with E-state index < -0.39 is 42.4 Å². The summed E-state index contributed by atoms with van der Waals surface area (Å²) in [5.74, 6) is -3.16. The van der Waals surface area contributed by atoms with Crippen LogP contribution in [0, 0.1) is 5.92 Å². The topological polar surface area (TPSA) is 169 Å². The van der Waals surface area contributed by atoms with E-state index in [2.05, 4.69) is 4.98 Å². The number of carbonyl (C=O) groups excluding carboxylic acids is 1. The van der Waals surface area contributed by atoms with Crippen molar-refractivity contribution in [3.05, 3.63) is 22.7 Å². The molecule has 0 aromatic carbocycles. The number of aromatic nitrogens is 2. The molecule has 1 fully saturated rings. The number of nitrogen functional groups attached to an aromatic ring is 1. The number of hydrogen-bond donors (Lipinski definition) is 3. The zero-order valence-corrected chi connectivity index (χ0v) is 15.5. The summed E-state index contributed by atoms with van der Waals surface area (Å²) in [7, 11) is 0. The molecular formula is C15H21F3N4O7. The molecule has 2 heterocycles. The molecule has 3 atom stereocenters. The number of nitrogens with two attached hydrogens (primary N) is 2. The van der Waals surface area contributed by atoms with Gasteiger partial charge in [-0.3, -0.25) is 9.36 Å². The summed E-state index contributed by atoms with van der Waals surface area (Å²) in [4.78, 5) is 35.8. The van der Waals surface area contributed by atoms with Crippen LogP contribution < -0.4 is 17.2 Å². The molecule has 1 aliphatic heterocycles. The number of anilines is 1. The number of esters is 1. The van der Waals surface area contributed by atoms with Gasteiger partial charge in [-0.05, 0) is 12.0 Å². The third kappa shape index (κ3) is 7.67. The zero-order valence-electron chi connectivity index (χ0n) is 15.5. The molecule has 0 saturated carbocycles. The molecule has 29 heavy (non-hydrogen) atoms. The highest BCUT2D eigenvalue weighted by atomic mass is 19.4. The van der Waals surface area contributed by atoms with Gasteiger partial charge >= 0.3 is 23.8 Å². The van der Waals surface area contributed by atoms with Crippen LogP contribution >= 0.6 is 0 Å². The smallest absolute Gasteiger partial charge is 0.475 e. The Kier molecular flexibility index (Phi) is 8.54. The second-order valence-corrected chi connectivity index (χ2v) is 6.10. The van der Waals surface area contributed by atoms with E-state index in [1.165, 1.54) is 16.8 Å². The summed E-state index contributed by atoms with van der Waals surface area (Å²) in [5, 5.41) is 7.12. The fraction of sp³-hybridized carbons (Fsp3) is 0.600. The molecule has 164 valence electrons. The molecule has 1 aromatic heterocycles. The molecule has 1 unspecified atom stereocenters. The molecule has 2 rings (SSSR count). The van der Waals surface area contributed by atoms with Gasteiger partial charge in [0.2, 0.25) is 0 Å². The van der Waals surface area contributed by atoms with Crippen molar-refractivity contribution in [2.75, 3.05) is 18.9 Å². The maximum absolute atomic E-state index is 11.7. The van der Waals surface area contributed by atoms with Gasteiger partial charge in [-0.1, -0.05) is 13.8 Å². The molecule has 0 aliphatic carbocycles. The maximum atomic E-state index is 11.7. The van der Waals surface area contributed by atoms with Crippen molar-refractivity contribution in [3.8, 4) is 0 Å². The van der Waals surface area contributed by atoms with Gasteiger partial charge in [0, 0.05) is 6.20 Å². The predicted molar refractivity (Wildman–Crippen MR) is 90.2 cm³/mol. The van der Waals surface area contributed by atoms with Crippen LogP contribution in [-0.4, -0.2) is 58.3 Å². The van der Waals surface area contributed by atoms with E-state index >= 15 is 0 Å². The summed E-state index contributed by atoms with van der Waals surface area (Å²) in [6.07, 6.45) is -5.00. The molecule has 1 aromatic rings. The van der Waals surface area contributed by atoms with Crippen LogP contribution in [0.2, 0.25) is 0 Å². The maximum Gasteiger partial charge on any atom is 0.490 e. The lowest BCUT2D eigenvalue weighted by atomic mass is 10.1. The summed E-state index contributed by atoms with van der Waals surface area (Å²) in [6.45, 7) is 3.70. The van der Waals surface area contributed by atoms with Gasteiger partial charge in [0.1, 0.15) is 18.5 Å². The second kappa shape index (κ2) is 10.2. The van der Waals surface area contributed by atoms with Crippen molar-refractivity contribution in [2.45, 2.75) is 38.6 Å². The number of carbonyl (C=O) groups is 2. The van der Waals surface area contributed by atoms with E-state index in [9.17, 15) is 22.8 Å². The number of alkyl halides is 3. The van der Waals surface area contributed by atoms with Gasteiger partial charge in [-0.2, -0.15) is 18.2 Å². The molecule has 0 bridgehead atoms. The number of hydrogen-bond acceptors (Lipinski definition) is 9. The monoisotopic (exact) mass is 426 g/mol. The Morgan fingerprint density at radius 1 is 1.45 bits per heavy atom. The number of ether oxygens (including phenoxy) is 3. The molecule has 14 heteroatoms. The fourth-order valence-corrected chi connectivity index (χ4v) is 1.84. The van der Waals surface area contributed by atoms with E-state index in [4.69, 9.17) is 35.6 Å². The summed E-state index contributed by atoms with van der Waals surface area (Å²) in [5.41, 5.74) is 10.6. The minimum absolute atomic E-state index is 0.0231. The highest BCUT2D eigenvalue weighted by Gasteiger charge is 2.38. The second-order valence-electron chi connectivity index (χ2n) is 6.10. The Balaban J connectivity index is 0.000000516. The third-order valence-corrected chi connectivity index (χ3v) is 3.49. The van der Waals surface area contributed by atoms with Crippen molar-refractivity contribution in [1.29, 1.82) is 0 Å². The summed E-state index contributed by atoms with van der Waals surface area (Å²) >= 11 is 0. The Labute approximate surface area is 162 Å². The normalized spacial score (nSPS) is 20.0. The number of rotatable bonds is 5.